The number of nitrogens with zero attached hydrogens (tertiary/aromatic N) is 2. The Kier molecular flexibility index (Phi) is 5.96. The van der Waals surface area contributed by atoms with Gasteiger partial charge in [-0.3, -0.25) is 9.78 Å². The second-order valence-corrected chi connectivity index (χ2v) is 6.50. The molecule has 24 heavy (non-hydrogen) atoms. The van der Waals surface area contributed by atoms with Crippen LogP contribution in [-0.4, -0.2) is 28.9 Å². The van der Waals surface area contributed by atoms with Crippen LogP contribution >= 0.6 is 15.9 Å². The van der Waals surface area contributed by atoms with E-state index in [1.54, 1.807) is 18.3 Å². The van der Waals surface area contributed by atoms with Crippen LogP contribution in [0.1, 0.15) is 35.3 Å². The number of benzene rings is 1. The van der Waals surface area contributed by atoms with Crippen molar-refractivity contribution in [3.05, 3.63) is 64.4 Å². The third-order valence-corrected chi connectivity index (χ3v) is 4.21. The maximum absolute atomic E-state index is 12.8. The van der Waals surface area contributed by atoms with Crippen molar-refractivity contribution in [1.29, 1.82) is 0 Å². The van der Waals surface area contributed by atoms with E-state index in [0.29, 0.717) is 18.8 Å². The van der Waals surface area contributed by atoms with Crippen LogP contribution in [-0.2, 0) is 16.1 Å². The number of amides is 1. The fourth-order valence-electron chi connectivity index (χ4n) is 2.49. The summed E-state index contributed by atoms with van der Waals surface area (Å²) in [5, 5.41) is 1.35. The molecule has 1 aromatic heterocycles. The van der Waals surface area contributed by atoms with E-state index in [9.17, 15) is 4.79 Å². The summed E-state index contributed by atoms with van der Waals surface area (Å²) >= 11 is 3.37. The molecule has 2 aromatic rings. The standard InChI is InChI=1S/C18H19BrN2O3/c19-15-9-10-20-16(12-15)18(22)21(13-14-6-2-1-3-7-14)24-17-8-4-5-11-23-17/h1-3,6-7,9-10,12,17H,4-5,8,11,13H2/t17-/m0/s1. The summed E-state index contributed by atoms with van der Waals surface area (Å²) in [7, 11) is 0. The van der Waals surface area contributed by atoms with Gasteiger partial charge in [0.1, 0.15) is 5.69 Å². The van der Waals surface area contributed by atoms with E-state index in [1.165, 1.54) is 5.06 Å². The number of rotatable bonds is 5. The molecule has 0 aliphatic carbocycles. The Hall–Kier alpha value is -1.76. The molecule has 5 nitrogen and oxygen atoms in total. The molecule has 1 aliphatic rings. The topological polar surface area (TPSA) is 51.7 Å². The molecule has 126 valence electrons. The zero-order valence-electron chi connectivity index (χ0n) is 13.2. The molecule has 1 saturated heterocycles. The minimum Gasteiger partial charge on any atom is -0.350 e. The van der Waals surface area contributed by atoms with Crippen molar-refractivity contribution in [2.75, 3.05) is 6.61 Å². The van der Waals surface area contributed by atoms with Crippen LogP contribution in [0.2, 0.25) is 0 Å². The van der Waals surface area contributed by atoms with Gasteiger partial charge in [-0.25, -0.2) is 9.90 Å². The number of halogens is 1. The summed E-state index contributed by atoms with van der Waals surface area (Å²) in [6.07, 6.45) is 4.05. The van der Waals surface area contributed by atoms with Gasteiger partial charge < -0.3 is 4.74 Å². The van der Waals surface area contributed by atoms with E-state index in [1.807, 2.05) is 30.3 Å². The molecule has 1 atom stereocenters. The molecule has 3 rings (SSSR count). The van der Waals surface area contributed by atoms with Crippen molar-refractivity contribution in [2.45, 2.75) is 32.1 Å². The summed E-state index contributed by atoms with van der Waals surface area (Å²) < 4.78 is 6.41. The molecule has 0 N–H and O–H groups in total. The second kappa shape index (κ2) is 8.37. The van der Waals surface area contributed by atoms with E-state index in [-0.39, 0.29) is 5.91 Å². The summed E-state index contributed by atoms with van der Waals surface area (Å²) in [6.45, 7) is 1.00. The molecular formula is C18H19BrN2O3. The van der Waals surface area contributed by atoms with Crippen LogP contribution in [0, 0.1) is 0 Å². The molecule has 1 aromatic carbocycles. The molecule has 0 bridgehead atoms. The number of hydrogen-bond donors (Lipinski definition) is 0. The quantitative estimate of drug-likeness (QED) is 0.725. The summed E-state index contributed by atoms with van der Waals surface area (Å²) in [5.41, 5.74) is 1.31. The van der Waals surface area contributed by atoms with Crippen molar-refractivity contribution in [3.63, 3.8) is 0 Å². The summed E-state index contributed by atoms with van der Waals surface area (Å²) in [5.74, 6) is -0.283. The molecular weight excluding hydrogens is 372 g/mol. The lowest BCUT2D eigenvalue weighted by molar-refractivity contribution is -0.270. The minimum absolute atomic E-state index is 0.283. The number of pyridine rings is 1. The minimum atomic E-state index is -0.390. The van der Waals surface area contributed by atoms with Crippen LogP contribution in [0.3, 0.4) is 0 Å². The lowest BCUT2D eigenvalue weighted by Gasteiger charge is -2.29. The molecule has 2 heterocycles. The number of aromatic nitrogens is 1. The zero-order chi connectivity index (χ0) is 16.8. The zero-order valence-corrected chi connectivity index (χ0v) is 14.8. The number of hydrogen-bond acceptors (Lipinski definition) is 4. The van der Waals surface area contributed by atoms with Crippen molar-refractivity contribution < 1.29 is 14.4 Å². The summed E-state index contributed by atoms with van der Waals surface area (Å²) in [4.78, 5) is 22.8. The molecule has 0 spiro atoms. The van der Waals surface area contributed by atoms with Crippen molar-refractivity contribution in [2.24, 2.45) is 0 Å². The number of carbonyl (C=O) groups is 1. The first kappa shape index (κ1) is 17.1. The Balaban J connectivity index is 1.78. The first-order valence-corrected chi connectivity index (χ1v) is 8.77. The number of hydroxylamine groups is 2. The molecule has 0 radical (unpaired) electrons. The van der Waals surface area contributed by atoms with Gasteiger partial charge in [0.05, 0.1) is 6.54 Å². The maximum Gasteiger partial charge on any atom is 0.296 e. The Morgan fingerprint density at radius 1 is 1.29 bits per heavy atom. The van der Waals surface area contributed by atoms with Crippen LogP contribution in [0.5, 0.6) is 0 Å². The highest BCUT2D eigenvalue weighted by Crippen LogP contribution is 2.19. The Morgan fingerprint density at radius 3 is 2.83 bits per heavy atom. The highest BCUT2D eigenvalue weighted by molar-refractivity contribution is 9.10. The van der Waals surface area contributed by atoms with Crippen molar-refractivity contribution in [1.82, 2.24) is 10.0 Å². The van der Waals surface area contributed by atoms with E-state index in [0.717, 1.165) is 29.3 Å². The van der Waals surface area contributed by atoms with Gasteiger partial charge in [0.2, 0.25) is 0 Å². The van der Waals surface area contributed by atoms with Crippen molar-refractivity contribution >= 4 is 21.8 Å². The van der Waals surface area contributed by atoms with Crippen LogP contribution < -0.4 is 0 Å². The van der Waals surface area contributed by atoms with Crippen LogP contribution in [0.4, 0.5) is 0 Å². The monoisotopic (exact) mass is 390 g/mol. The normalized spacial score (nSPS) is 17.5. The molecule has 0 saturated carbocycles. The molecule has 1 fully saturated rings. The first-order valence-electron chi connectivity index (χ1n) is 7.98. The number of ether oxygens (including phenoxy) is 1. The Labute approximate surface area is 149 Å². The van der Waals surface area contributed by atoms with E-state index in [2.05, 4.69) is 20.9 Å². The fourth-order valence-corrected chi connectivity index (χ4v) is 2.83. The van der Waals surface area contributed by atoms with Crippen molar-refractivity contribution in [3.8, 4) is 0 Å². The maximum atomic E-state index is 12.8. The second-order valence-electron chi connectivity index (χ2n) is 5.59. The highest BCUT2D eigenvalue weighted by atomic mass is 79.9. The summed E-state index contributed by atoms with van der Waals surface area (Å²) in [6, 6.07) is 13.2. The Morgan fingerprint density at radius 2 is 2.12 bits per heavy atom. The average molecular weight is 391 g/mol. The van der Waals surface area contributed by atoms with E-state index < -0.39 is 6.29 Å². The smallest absolute Gasteiger partial charge is 0.296 e. The highest BCUT2D eigenvalue weighted by Gasteiger charge is 2.24. The first-order chi connectivity index (χ1) is 11.7. The lowest BCUT2D eigenvalue weighted by atomic mass is 10.2. The molecule has 6 heteroatoms. The van der Waals surface area contributed by atoms with Crippen LogP contribution in [0.15, 0.2) is 53.1 Å². The SMILES string of the molecule is O=C(c1cc(Br)ccn1)N(Cc1ccccc1)O[C@H]1CCCCO1. The number of carbonyl (C=O) groups excluding carboxylic acids is 1. The Bertz CT molecular complexity index is 675. The molecule has 1 aliphatic heterocycles. The predicted molar refractivity (Wildman–Crippen MR) is 92.9 cm³/mol. The fraction of sp³-hybridized carbons (Fsp3) is 0.333. The third-order valence-electron chi connectivity index (χ3n) is 3.72. The van der Waals surface area contributed by atoms with Gasteiger partial charge in [0, 0.05) is 23.7 Å². The molecule has 0 unspecified atom stereocenters. The third kappa shape index (κ3) is 4.63. The van der Waals surface area contributed by atoms with Gasteiger partial charge in [0.15, 0.2) is 6.29 Å². The van der Waals surface area contributed by atoms with E-state index in [4.69, 9.17) is 9.57 Å². The van der Waals surface area contributed by atoms with Gasteiger partial charge in [0.25, 0.3) is 5.91 Å². The van der Waals surface area contributed by atoms with Gasteiger partial charge >= 0.3 is 0 Å². The van der Waals surface area contributed by atoms with Gasteiger partial charge in [-0.15, -0.1) is 0 Å². The largest absolute Gasteiger partial charge is 0.350 e. The molecule has 1 amide bonds. The predicted octanol–water partition coefficient (Wildman–Crippen LogP) is 3.94. The van der Waals surface area contributed by atoms with E-state index >= 15 is 0 Å². The van der Waals surface area contributed by atoms with Gasteiger partial charge in [-0.05, 0) is 30.5 Å². The lowest BCUT2D eigenvalue weighted by Crippen LogP contribution is -2.37. The van der Waals surface area contributed by atoms with Gasteiger partial charge in [-0.1, -0.05) is 46.3 Å². The average Bonchev–Trinajstić information content (AvgIpc) is 2.62. The van der Waals surface area contributed by atoms with Crippen LogP contribution in [0.25, 0.3) is 0 Å². The van der Waals surface area contributed by atoms with Gasteiger partial charge in [-0.2, -0.15) is 0 Å².